The number of rotatable bonds is 7. The molecule has 2 N–H and O–H groups in total. The lowest BCUT2D eigenvalue weighted by molar-refractivity contribution is 0.0475. The number of fused-ring (bicyclic) bond motifs is 2. The molecule has 3 amide bonds. The van der Waals surface area contributed by atoms with Crippen molar-refractivity contribution in [3.63, 3.8) is 0 Å². The van der Waals surface area contributed by atoms with Crippen molar-refractivity contribution >= 4 is 28.8 Å². The highest BCUT2D eigenvalue weighted by molar-refractivity contribution is 6.22. The van der Waals surface area contributed by atoms with Gasteiger partial charge in [0.1, 0.15) is 5.82 Å². The predicted octanol–water partition coefficient (Wildman–Crippen LogP) is 4.05. The number of para-hydroxylation sites is 2. The number of nitrogens with zero attached hydrogens (tertiary/aromatic N) is 2. The fourth-order valence-electron chi connectivity index (χ4n) is 5.03. The van der Waals surface area contributed by atoms with Gasteiger partial charge in [0, 0.05) is 12.2 Å². The number of H-pyrrole nitrogens is 1. The summed E-state index contributed by atoms with van der Waals surface area (Å²) in [7, 11) is 0. The monoisotopic (exact) mass is 494 g/mol. The molecule has 2 atom stereocenters. The first-order chi connectivity index (χ1) is 18.1. The zero-order valence-electron chi connectivity index (χ0n) is 20.1. The van der Waals surface area contributed by atoms with Crippen molar-refractivity contribution in [1.29, 1.82) is 0 Å². The Hall–Kier alpha value is -4.30. The number of amides is 3. The molecular weight excluding hydrogens is 468 g/mol. The summed E-state index contributed by atoms with van der Waals surface area (Å²) >= 11 is 0. The summed E-state index contributed by atoms with van der Waals surface area (Å²) in [4.78, 5) is 48.6. The Morgan fingerprint density at radius 1 is 1.03 bits per heavy atom. The predicted molar refractivity (Wildman–Crippen MR) is 137 cm³/mol. The fourth-order valence-corrected chi connectivity index (χ4v) is 5.03. The van der Waals surface area contributed by atoms with Crippen LogP contribution in [0.15, 0.2) is 72.8 Å². The maximum atomic E-state index is 13.4. The normalized spacial score (nSPS) is 17.8. The summed E-state index contributed by atoms with van der Waals surface area (Å²) < 4.78 is 5.61. The quantitative estimate of drug-likeness (QED) is 0.377. The van der Waals surface area contributed by atoms with Crippen molar-refractivity contribution in [2.75, 3.05) is 13.2 Å². The van der Waals surface area contributed by atoms with E-state index in [1.54, 1.807) is 12.1 Å². The molecule has 37 heavy (non-hydrogen) atoms. The van der Waals surface area contributed by atoms with Crippen molar-refractivity contribution in [3.8, 4) is 0 Å². The maximum Gasteiger partial charge on any atom is 0.261 e. The molecule has 0 aliphatic carbocycles. The number of aromatic amines is 1. The molecule has 0 saturated carbocycles. The van der Waals surface area contributed by atoms with E-state index in [0.717, 1.165) is 29.4 Å². The summed E-state index contributed by atoms with van der Waals surface area (Å²) in [6.45, 7) is 0.882. The highest BCUT2D eigenvalue weighted by atomic mass is 16.5. The van der Waals surface area contributed by atoms with Gasteiger partial charge in [0.15, 0.2) is 0 Å². The highest BCUT2D eigenvalue weighted by Crippen LogP contribution is 2.27. The molecule has 0 bridgehead atoms. The largest absolute Gasteiger partial charge is 0.376 e. The average molecular weight is 495 g/mol. The molecule has 2 aliphatic rings. The van der Waals surface area contributed by atoms with Gasteiger partial charge in [0.05, 0.1) is 40.9 Å². The number of imidazole rings is 1. The first-order valence-corrected chi connectivity index (χ1v) is 12.5. The second-order valence-corrected chi connectivity index (χ2v) is 9.47. The number of benzene rings is 3. The van der Waals surface area contributed by atoms with Gasteiger partial charge in [-0.2, -0.15) is 0 Å². The second-order valence-electron chi connectivity index (χ2n) is 9.47. The number of hydrogen-bond acceptors (Lipinski definition) is 5. The molecule has 6 rings (SSSR count). The minimum atomic E-state index is -0.427. The van der Waals surface area contributed by atoms with Crippen molar-refractivity contribution in [3.05, 3.63) is 101 Å². The molecule has 3 heterocycles. The standard InChI is InChI=1S/C29H26N4O4/c34-27(19-12-13-21-22(16-19)29(36)33(28(21)35)17-20-9-6-14-37-20)32-25(15-18-7-2-1-3-8-18)26-30-23-10-4-5-11-24(23)31-26/h1-5,7-8,10-13,16,20,25H,6,9,14-15,17H2,(H,30,31)(H,32,34)/t20?,25-/m0/s1. The first-order valence-electron chi connectivity index (χ1n) is 12.5. The average Bonchev–Trinajstić information content (AvgIpc) is 3.65. The smallest absolute Gasteiger partial charge is 0.261 e. The van der Waals surface area contributed by atoms with Crippen molar-refractivity contribution in [2.45, 2.75) is 31.4 Å². The lowest BCUT2D eigenvalue weighted by Crippen LogP contribution is -2.36. The third kappa shape index (κ3) is 4.51. The van der Waals surface area contributed by atoms with E-state index in [9.17, 15) is 14.4 Å². The Kier molecular flexibility index (Phi) is 6.02. The Balaban J connectivity index is 1.26. The molecule has 1 fully saturated rings. The van der Waals surface area contributed by atoms with Crippen molar-refractivity contribution in [2.24, 2.45) is 0 Å². The van der Waals surface area contributed by atoms with E-state index in [1.807, 2.05) is 54.6 Å². The third-order valence-corrected chi connectivity index (χ3v) is 6.97. The van der Waals surface area contributed by atoms with Crippen molar-refractivity contribution < 1.29 is 19.1 Å². The van der Waals surface area contributed by atoms with Crippen LogP contribution in [0, 0.1) is 0 Å². The molecule has 1 saturated heterocycles. The van der Waals surface area contributed by atoms with Gasteiger partial charge >= 0.3 is 0 Å². The minimum absolute atomic E-state index is 0.132. The van der Waals surface area contributed by atoms with E-state index in [2.05, 4.69) is 10.3 Å². The summed E-state index contributed by atoms with van der Waals surface area (Å²) in [6, 6.07) is 21.8. The van der Waals surface area contributed by atoms with Crippen LogP contribution in [0.4, 0.5) is 0 Å². The van der Waals surface area contributed by atoms with E-state index in [0.29, 0.717) is 30.0 Å². The van der Waals surface area contributed by atoms with Gasteiger partial charge in [-0.1, -0.05) is 42.5 Å². The molecule has 0 spiro atoms. The van der Waals surface area contributed by atoms with Crippen LogP contribution in [0.3, 0.4) is 0 Å². The highest BCUT2D eigenvalue weighted by Gasteiger charge is 2.38. The molecule has 8 heteroatoms. The van der Waals surface area contributed by atoms with Gasteiger partial charge in [-0.05, 0) is 55.2 Å². The summed E-state index contributed by atoms with van der Waals surface area (Å²) in [6.07, 6.45) is 2.15. The van der Waals surface area contributed by atoms with Gasteiger partial charge in [-0.3, -0.25) is 19.3 Å². The van der Waals surface area contributed by atoms with E-state index >= 15 is 0 Å². The molecule has 4 aromatic rings. The van der Waals surface area contributed by atoms with Gasteiger partial charge in [-0.25, -0.2) is 4.98 Å². The van der Waals surface area contributed by atoms with E-state index < -0.39 is 6.04 Å². The van der Waals surface area contributed by atoms with Crippen LogP contribution in [0.5, 0.6) is 0 Å². The van der Waals surface area contributed by atoms with E-state index in [4.69, 9.17) is 9.72 Å². The number of nitrogens with one attached hydrogen (secondary N) is 2. The zero-order chi connectivity index (χ0) is 25.4. The van der Waals surface area contributed by atoms with Crippen LogP contribution >= 0.6 is 0 Å². The lowest BCUT2D eigenvalue weighted by Gasteiger charge is -2.18. The first kappa shape index (κ1) is 23.1. The van der Waals surface area contributed by atoms with Crippen LogP contribution in [0.2, 0.25) is 0 Å². The van der Waals surface area contributed by atoms with E-state index in [1.165, 1.54) is 11.0 Å². The molecule has 3 aromatic carbocycles. The number of imide groups is 1. The Bertz CT molecular complexity index is 1460. The molecule has 8 nitrogen and oxygen atoms in total. The molecule has 186 valence electrons. The Labute approximate surface area is 213 Å². The van der Waals surface area contributed by atoms with Crippen LogP contribution in [0.1, 0.15) is 61.3 Å². The third-order valence-electron chi connectivity index (χ3n) is 6.97. The summed E-state index contributed by atoms with van der Waals surface area (Å²) in [5.41, 5.74) is 3.63. The Morgan fingerprint density at radius 3 is 2.59 bits per heavy atom. The second kappa shape index (κ2) is 9.63. The van der Waals surface area contributed by atoms with Crippen LogP contribution in [-0.2, 0) is 11.2 Å². The van der Waals surface area contributed by atoms with Crippen LogP contribution in [0.25, 0.3) is 11.0 Å². The van der Waals surface area contributed by atoms with Gasteiger partial charge < -0.3 is 15.0 Å². The molecule has 1 aromatic heterocycles. The molecule has 1 unspecified atom stereocenters. The SMILES string of the molecule is O=C(N[C@@H](Cc1ccccc1)c1nc2ccccc2[nH]1)c1ccc2c(c1)C(=O)N(CC1CCCO1)C2=O. The lowest BCUT2D eigenvalue weighted by atomic mass is 10.0. The summed E-state index contributed by atoms with van der Waals surface area (Å²) in [5.74, 6) is -0.425. The Morgan fingerprint density at radius 2 is 1.81 bits per heavy atom. The number of carbonyl (C=O) groups is 3. The number of carbonyl (C=O) groups excluding carboxylic acids is 3. The molecule has 2 aliphatic heterocycles. The van der Waals surface area contributed by atoms with Gasteiger partial charge in [-0.15, -0.1) is 0 Å². The van der Waals surface area contributed by atoms with Crippen LogP contribution in [-0.4, -0.2) is 51.8 Å². The van der Waals surface area contributed by atoms with E-state index in [-0.39, 0.29) is 35.9 Å². The maximum absolute atomic E-state index is 13.4. The van der Waals surface area contributed by atoms with Crippen molar-refractivity contribution in [1.82, 2.24) is 20.2 Å². The van der Waals surface area contributed by atoms with Gasteiger partial charge in [0.25, 0.3) is 17.7 Å². The molecule has 0 radical (unpaired) electrons. The fraction of sp³-hybridized carbons (Fsp3) is 0.241. The number of aromatic nitrogens is 2. The number of hydrogen-bond donors (Lipinski definition) is 2. The van der Waals surface area contributed by atoms with Gasteiger partial charge in [0.2, 0.25) is 0 Å². The zero-order valence-corrected chi connectivity index (χ0v) is 20.1. The number of ether oxygens (including phenoxy) is 1. The van der Waals surface area contributed by atoms with Crippen LogP contribution < -0.4 is 5.32 Å². The topological polar surface area (TPSA) is 104 Å². The minimum Gasteiger partial charge on any atom is -0.376 e. The summed E-state index contributed by atoms with van der Waals surface area (Å²) in [5, 5.41) is 3.08. The molecular formula is C29H26N4O4.